The van der Waals surface area contributed by atoms with Gasteiger partial charge < -0.3 is 5.21 Å². The van der Waals surface area contributed by atoms with Crippen LogP contribution in [0.25, 0.3) is 0 Å². The predicted octanol–water partition coefficient (Wildman–Crippen LogP) is 0.645. The second kappa shape index (κ2) is 4.41. The average Bonchev–Trinajstić information content (AvgIpc) is 2.08. The zero-order valence-corrected chi connectivity index (χ0v) is 8.83. The molecule has 0 spiro atoms. The van der Waals surface area contributed by atoms with Crippen LogP contribution in [0.5, 0.6) is 0 Å². The Bertz CT molecular complexity index is 400. The molecule has 5 heteroatoms. The molecule has 1 heterocycles. The molecule has 14 heavy (non-hydrogen) atoms. The zero-order valence-electron chi connectivity index (χ0n) is 8.01. The maximum absolute atomic E-state index is 11.4. The fourth-order valence-electron chi connectivity index (χ4n) is 1.18. The van der Waals surface area contributed by atoms with E-state index in [1.165, 1.54) is 12.3 Å². The third-order valence-electron chi connectivity index (χ3n) is 1.79. The summed E-state index contributed by atoms with van der Waals surface area (Å²) in [6.07, 6.45) is 1.88. The number of pyridine rings is 1. The van der Waals surface area contributed by atoms with Gasteiger partial charge in [-0.2, -0.15) is 4.73 Å². The van der Waals surface area contributed by atoms with Gasteiger partial charge in [-0.15, -0.1) is 0 Å². The first-order valence-electron chi connectivity index (χ1n) is 4.42. The quantitative estimate of drug-likeness (QED) is 0.547. The van der Waals surface area contributed by atoms with Crippen molar-refractivity contribution in [3.63, 3.8) is 0 Å². The summed E-state index contributed by atoms with van der Waals surface area (Å²) in [5, 5.41) is 11.2. The van der Waals surface area contributed by atoms with Crippen molar-refractivity contribution in [1.82, 2.24) is 0 Å². The standard InChI is InChI=1S/C9H13NO3S/c1-2-7-14(12,13)8-9-5-3-4-6-10(9)11/h3-6H,2,7-8H2,1H3. The molecule has 0 unspecified atom stereocenters. The number of sulfone groups is 1. The van der Waals surface area contributed by atoms with Crippen LogP contribution in [0.1, 0.15) is 19.0 Å². The minimum Gasteiger partial charge on any atom is -0.618 e. The van der Waals surface area contributed by atoms with Crippen molar-refractivity contribution in [3.8, 4) is 0 Å². The van der Waals surface area contributed by atoms with E-state index in [1.807, 2.05) is 0 Å². The van der Waals surface area contributed by atoms with E-state index < -0.39 is 9.84 Å². The van der Waals surface area contributed by atoms with E-state index in [-0.39, 0.29) is 17.2 Å². The molecule has 0 aliphatic rings. The van der Waals surface area contributed by atoms with Gasteiger partial charge in [0.2, 0.25) is 5.69 Å². The monoisotopic (exact) mass is 215 g/mol. The van der Waals surface area contributed by atoms with Gasteiger partial charge in [0.1, 0.15) is 5.75 Å². The largest absolute Gasteiger partial charge is 0.618 e. The van der Waals surface area contributed by atoms with Crippen LogP contribution in [0.3, 0.4) is 0 Å². The average molecular weight is 215 g/mol. The lowest BCUT2D eigenvalue weighted by Crippen LogP contribution is -2.32. The molecule has 0 aliphatic heterocycles. The van der Waals surface area contributed by atoms with E-state index in [0.717, 1.165) is 0 Å². The van der Waals surface area contributed by atoms with E-state index in [2.05, 4.69) is 0 Å². The van der Waals surface area contributed by atoms with Gasteiger partial charge in [0.25, 0.3) is 0 Å². The molecule has 0 atom stereocenters. The minimum absolute atomic E-state index is 0.127. The Hall–Kier alpha value is -1.10. The van der Waals surface area contributed by atoms with E-state index >= 15 is 0 Å². The summed E-state index contributed by atoms with van der Waals surface area (Å²) in [4.78, 5) is 0. The molecule has 0 aromatic carbocycles. The molecule has 0 saturated carbocycles. The summed E-state index contributed by atoms with van der Waals surface area (Å²) in [6, 6.07) is 4.76. The Morgan fingerprint density at radius 2 is 2.14 bits per heavy atom. The highest BCUT2D eigenvalue weighted by Crippen LogP contribution is 2.02. The van der Waals surface area contributed by atoms with Crippen LogP contribution in [0, 0.1) is 5.21 Å². The number of nitrogens with zero attached hydrogens (tertiary/aromatic N) is 1. The Morgan fingerprint density at radius 1 is 1.43 bits per heavy atom. The molecule has 1 aromatic rings. The molecule has 4 nitrogen and oxygen atoms in total. The van der Waals surface area contributed by atoms with E-state index in [1.54, 1.807) is 19.1 Å². The maximum Gasteiger partial charge on any atom is 0.207 e. The molecule has 1 aromatic heterocycles. The number of hydrogen-bond acceptors (Lipinski definition) is 3. The minimum atomic E-state index is -3.13. The van der Waals surface area contributed by atoms with Crippen LogP contribution >= 0.6 is 0 Å². The Morgan fingerprint density at radius 3 is 2.71 bits per heavy atom. The first-order valence-corrected chi connectivity index (χ1v) is 6.25. The van der Waals surface area contributed by atoms with Crippen LogP contribution in [0.4, 0.5) is 0 Å². The van der Waals surface area contributed by atoms with Crippen molar-refractivity contribution in [1.29, 1.82) is 0 Å². The Labute approximate surface area is 83.7 Å². The van der Waals surface area contributed by atoms with Crippen LogP contribution in [-0.4, -0.2) is 14.2 Å². The highest BCUT2D eigenvalue weighted by Gasteiger charge is 2.15. The summed E-state index contributed by atoms with van der Waals surface area (Å²) < 4.78 is 23.4. The first-order chi connectivity index (χ1) is 6.55. The second-order valence-corrected chi connectivity index (χ2v) is 5.29. The molecule has 0 amide bonds. The lowest BCUT2D eigenvalue weighted by atomic mass is 10.4. The second-order valence-electron chi connectivity index (χ2n) is 3.11. The summed E-state index contributed by atoms with van der Waals surface area (Å²) in [5.41, 5.74) is 0.279. The molecule has 0 bridgehead atoms. The van der Waals surface area contributed by atoms with Crippen molar-refractivity contribution in [2.45, 2.75) is 19.1 Å². The van der Waals surface area contributed by atoms with Crippen LogP contribution in [-0.2, 0) is 15.6 Å². The molecule has 0 fully saturated rings. The van der Waals surface area contributed by atoms with Gasteiger partial charge in [0, 0.05) is 12.1 Å². The summed E-state index contributed by atoms with van der Waals surface area (Å²) in [5.74, 6) is -0.0485. The molecule has 1 rings (SSSR count). The first kappa shape index (κ1) is 11.0. The highest BCUT2D eigenvalue weighted by atomic mass is 32.2. The Kier molecular flexibility index (Phi) is 3.46. The zero-order chi connectivity index (χ0) is 10.6. The maximum atomic E-state index is 11.4. The van der Waals surface area contributed by atoms with E-state index in [4.69, 9.17) is 0 Å². The van der Waals surface area contributed by atoms with Crippen LogP contribution in [0.15, 0.2) is 24.4 Å². The number of aromatic nitrogens is 1. The van der Waals surface area contributed by atoms with Gasteiger partial charge in [0.05, 0.1) is 5.75 Å². The molecule has 0 aliphatic carbocycles. The van der Waals surface area contributed by atoms with Crippen molar-refractivity contribution in [3.05, 3.63) is 35.3 Å². The SMILES string of the molecule is CCCS(=O)(=O)Cc1cccc[n+]1[O-]. The van der Waals surface area contributed by atoms with Gasteiger partial charge in [-0.1, -0.05) is 6.92 Å². The summed E-state index contributed by atoms with van der Waals surface area (Å²) >= 11 is 0. The smallest absolute Gasteiger partial charge is 0.207 e. The summed E-state index contributed by atoms with van der Waals surface area (Å²) in [6.45, 7) is 1.80. The fourth-order valence-corrected chi connectivity index (χ4v) is 2.62. The highest BCUT2D eigenvalue weighted by molar-refractivity contribution is 7.90. The molecule has 0 saturated heterocycles. The topological polar surface area (TPSA) is 61.1 Å². The molecule has 0 radical (unpaired) electrons. The van der Waals surface area contributed by atoms with Gasteiger partial charge in [-0.05, 0) is 12.5 Å². The molecule has 78 valence electrons. The van der Waals surface area contributed by atoms with Crippen molar-refractivity contribution < 1.29 is 13.1 Å². The predicted molar refractivity (Wildman–Crippen MR) is 53.2 cm³/mol. The van der Waals surface area contributed by atoms with Crippen molar-refractivity contribution in [2.24, 2.45) is 0 Å². The number of rotatable bonds is 4. The van der Waals surface area contributed by atoms with E-state index in [9.17, 15) is 13.6 Å². The molecular formula is C9H13NO3S. The lowest BCUT2D eigenvalue weighted by molar-refractivity contribution is -0.612. The van der Waals surface area contributed by atoms with Gasteiger partial charge in [-0.25, -0.2) is 8.42 Å². The van der Waals surface area contributed by atoms with Gasteiger partial charge in [-0.3, -0.25) is 0 Å². The third-order valence-corrected chi connectivity index (χ3v) is 3.55. The fraction of sp³-hybridized carbons (Fsp3) is 0.444. The van der Waals surface area contributed by atoms with Crippen molar-refractivity contribution >= 4 is 9.84 Å². The third kappa shape index (κ3) is 2.99. The van der Waals surface area contributed by atoms with Gasteiger partial charge >= 0.3 is 0 Å². The summed E-state index contributed by atoms with van der Waals surface area (Å²) in [7, 11) is -3.13. The normalized spacial score (nSPS) is 11.5. The van der Waals surface area contributed by atoms with E-state index in [0.29, 0.717) is 11.2 Å². The number of hydrogen-bond donors (Lipinski definition) is 0. The molecule has 0 N–H and O–H groups in total. The molecular weight excluding hydrogens is 202 g/mol. The van der Waals surface area contributed by atoms with Crippen LogP contribution in [0.2, 0.25) is 0 Å². The van der Waals surface area contributed by atoms with Crippen LogP contribution < -0.4 is 4.73 Å². The van der Waals surface area contributed by atoms with Crippen molar-refractivity contribution in [2.75, 3.05) is 5.75 Å². The lowest BCUT2D eigenvalue weighted by Gasteiger charge is -2.03. The Balaban J connectivity index is 2.84. The van der Waals surface area contributed by atoms with Gasteiger partial charge in [0.15, 0.2) is 16.0 Å².